The molecule has 166 valence electrons. The molecule has 2 heterocycles. The Morgan fingerprint density at radius 2 is 1.84 bits per heavy atom. The van der Waals surface area contributed by atoms with Crippen LogP contribution in [0.2, 0.25) is 0 Å². The number of fused-ring (bicyclic) bond motifs is 1. The van der Waals surface area contributed by atoms with Crippen LogP contribution in [0, 0.1) is 0 Å². The van der Waals surface area contributed by atoms with Crippen molar-refractivity contribution in [3.8, 4) is 22.8 Å². The van der Waals surface area contributed by atoms with Gasteiger partial charge in [-0.3, -0.25) is 4.79 Å². The fourth-order valence-corrected chi connectivity index (χ4v) is 4.00. The van der Waals surface area contributed by atoms with Gasteiger partial charge in [0.2, 0.25) is 0 Å². The third kappa shape index (κ3) is 4.71. The fourth-order valence-electron chi connectivity index (χ4n) is 4.00. The summed E-state index contributed by atoms with van der Waals surface area (Å²) in [5.74, 6) is 1.28. The molecule has 0 aliphatic carbocycles. The largest absolute Gasteiger partial charge is 0.493 e. The molecular formula is C23H27Cl2N3O3. The van der Waals surface area contributed by atoms with Gasteiger partial charge in [-0.15, -0.1) is 24.8 Å². The minimum atomic E-state index is 0. The van der Waals surface area contributed by atoms with E-state index >= 15 is 0 Å². The molecule has 0 spiro atoms. The highest BCUT2D eigenvalue weighted by molar-refractivity contribution is 6.07. The molecule has 1 fully saturated rings. The van der Waals surface area contributed by atoms with Crippen LogP contribution in [0.25, 0.3) is 22.2 Å². The number of carbonyl (C=O) groups excluding carboxylic acids is 1. The number of aromatic nitrogens is 1. The number of para-hydroxylation sites is 1. The molecule has 0 bridgehead atoms. The zero-order chi connectivity index (χ0) is 20.4. The molecule has 1 amide bonds. The summed E-state index contributed by atoms with van der Waals surface area (Å²) in [5.41, 5.74) is 8.92. The second-order valence-electron chi connectivity index (χ2n) is 7.17. The van der Waals surface area contributed by atoms with E-state index in [9.17, 15) is 4.79 Å². The summed E-state index contributed by atoms with van der Waals surface area (Å²) in [4.78, 5) is 20.1. The smallest absolute Gasteiger partial charge is 0.254 e. The van der Waals surface area contributed by atoms with E-state index in [0.29, 0.717) is 23.6 Å². The van der Waals surface area contributed by atoms with Crippen molar-refractivity contribution in [1.29, 1.82) is 0 Å². The van der Waals surface area contributed by atoms with Crippen LogP contribution in [0.4, 0.5) is 0 Å². The molecule has 4 rings (SSSR count). The number of likely N-dealkylation sites (tertiary alicyclic amines) is 1. The van der Waals surface area contributed by atoms with Gasteiger partial charge in [0, 0.05) is 30.1 Å². The molecule has 31 heavy (non-hydrogen) atoms. The standard InChI is InChI=1S/C23H25N3O3.2ClH/c1-28-21-10-9-15(12-22(21)29-2)20-13-18(17-7-3-4-8-19(17)25-20)23(27)26-11-5-6-16(26)14-24;;/h3-4,7-10,12-13,16H,5-6,11,14,24H2,1-2H3;2*1H. The highest BCUT2D eigenvalue weighted by atomic mass is 35.5. The number of halogens is 2. The molecule has 1 saturated heterocycles. The number of hydrogen-bond donors (Lipinski definition) is 1. The van der Waals surface area contributed by atoms with Gasteiger partial charge in [0.25, 0.3) is 5.91 Å². The van der Waals surface area contributed by atoms with Gasteiger partial charge in [0.15, 0.2) is 11.5 Å². The first-order valence-corrected chi connectivity index (χ1v) is 9.79. The van der Waals surface area contributed by atoms with E-state index in [-0.39, 0.29) is 36.8 Å². The molecule has 1 aliphatic heterocycles. The second kappa shape index (κ2) is 10.7. The molecule has 2 N–H and O–H groups in total. The van der Waals surface area contributed by atoms with Crippen molar-refractivity contribution in [2.45, 2.75) is 18.9 Å². The Hall–Kier alpha value is -2.54. The predicted octanol–water partition coefficient (Wildman–Crippen LogP) is 4.33. The van der Waals surface area contributed by atoms with Crippen LogP contribution in [0.1, 0.15) is 23.2 Å². The highest BCUT2D eigenvalue weighted by Gasteiger charge is 2.29. The van der Waals surface area contributed by atoms with Gasteiger partial charge in [-0.2, -0.15) is 0 Å². The number of pyridine rings is 1. The summed E-state index contributed by atoms with van der Waals surface area (Å²) in [6.07, 6.45) is 1.94. The fraction of sp³-hybridized carbons (Fsp3) is 0.304. The lowest BCUT2D eigenvalue weighted by molar-refractivity contribution is 0.0743. The molecule has 1 unspecified atom stereocenters. The maximum atomic E-state index is 13.4. The van der Waals surface area contributed by atoms with Gasteiger partial charge in [-0.25, -0.2) is 4.98 Å². The quantitative estimate of drug-likeness (QED) is 0.609. The summed E-state index contributed by atoms with van der Waals surface area (Å²) in [5, 5.41) is 0.851. The van der Waals surface area contributed by atoms with E-state index in [1.165, 1.54) is 0 Å². The van der Waals surface area contributed by atoms with Crippen LogP contribution in [0.5, 0.6) is 11.5 Å². The number of rotatable bonds is 5. The summed E-state index contributed by atoms with van der Waals surface area (Å²) in [7, 11) is 3.21. The lowest BCUT2D eigenvalue weighted by Gasteiger charge is -2.24. The number of ether oxygens (including phenoxy) is 2. The van der Waals surface area contributed by atoms with E-state index < -0.39 is 0 Å². The molecule has 6 nitrogen and oxygen atoms in total. The van der Waals surface area contributed by atoms with E-state index in [1.54, 1.807) is 14.2 Å². The first kappa shape index (κ1) is 24.7. The summed E-state index contributed by atoms with van der Waals surface area (Å²) >= 11 is 0. The third-order valence-electron chi connectivity index (χ3n) is 5.54. The summed E-state index contributed by atoms with van der Waals surface area (Å²) in [6, 6.07) is 15.4. The Morgan fingerprint density at radius 3 is 2.55 bits per heavy atom. The van der Waals surface area contributed by atoms with Gasteiger partial charge in [0.05, 0.1) is 31.0 Å². The van der Waals surface area contributed by atoms with Crippen molar-refractivity contribution in [3.63, 3.8) is 0 Å². The van der Waals surface area contributed by atoms with Crippen LogP contribution in [-0.2, 0) is 0 Å². The minimum Gasteiger partial charge on any atom is -0.493 e. The van der Waals surface area contributed by atoms with Crippen molar-refractivity contribution in [2.75, 3.05) is 27.3 Å². The summed E-state index contributed by atoms with van der Waals surface area (Å²) < 4.78 is 10.8. The van der Waals surface area contributed by atoms with Gasteiger partial charge in [-0.1, -0.05) is 18.2 Å². The molecule has 0 radical (unpaired) electrons. The number of amides is 1. The van der Waals surface area contributed by atoms with E-state index in [4.69, 9.17) is 20.2 Å². The SMILES string of the molecule is COc1ccc(-c2cc(C(=O)N3CCCC3CN)c3ccccc3n2)cc1OC.Cl.Cl. The maximum absolute atomic E-state index is 13.4. The molecule has 0 saturated carbocycles. The van der Waals surface area contributed by atoms with E-state index in [1.807, 2.05) is 53.4 Å². The monoisotopic (exact) mass is 463 g/mol. The van der Waals surface area contributed by atoms with Crippen molar-refractivity contribution in [3.05, 3.63) is 54.1 Å². The number of carbonyl (C=O) groups is 1. The van der Waals surface area contributed by atoms with Crippen molar-refractivity contribution in [1.82, 2.24) is 9.88 Å². The average molecular weight is 464 g/mol. The minimum absolute atomic E-state index is 0. The van der Waals surface area contributed by atoms with Crippen molar-refractivity contribution < 1.29 is 14.3 Å². The lowest BCUT2D eigenvalue weighted by Crippen LogP contribution is -2.40. The third-order valence-corrected chi connectivity index (χ3v) is 5.54. The first-order chi connectivity index (χ1) is 14.2. The molecular weight excluding hydrogens is 437 g/mol. The molecule has 3 aromatic rings. The van der Waals surface area contributed by atoms with Crippen LogP contribution in [0.3, 0.4) is 0 Å². The number of methoxy groups -OCH3 is 2. The Bertz CT molecular complexity index is 1060. The zero-order valence-electron chi connectivity index (χ0n) is 17.5. The van der Waals surface area contributed by atoms with Crippen LogP contribution in [0.15, 0.2) is 48.5 Å². The Kier molecular flexibility index (Phi) is 8.51. The van der Waals surface area contributed by atoms with E-state index in [0.717, 1.165) is 41.5 Å². The Balaban J connectivity index is 0.00000171. The van der Waals surface area contributed by atoms with Gasteiger partial charge >= 0.3 is 0 Å². The number of nitrogens with zero attached hydrogens (tertiary/aromatic N) is 2. The molecule has 2 aromatic carbocycles. The number of benzene rings is 2. The van der Waals surface area contributed by atoms with Crippen LogP contribution in [-0.4, -0.2) is 49.1 Å². The van der Waals surface area contributed by atoms with Crippen LogP contribution >= 0.6 is 24.8 Å². The highest BCUT2D eigenvalue weighted by Crippen LogP contribution is 2.33. The second-order valence-corrected chi connectivity index (χ2v) is 7.17. The van der Waals surface area contributed by atoms with Crippen molar-refractivity contribution in [2.24, 2.45) is 5.73 Å². The average Bonchev–Trinajstić information content (AvgIpc) is 3.26. The molecule has 1 atom stereocenters. The number of nitrogens with two attached hydrogens (primary N) is 1. The topological polar surface area (TPSA) is 77.7 Å². The zero-order valence-corrected chi connectivity index (χ0v) is 19.2. The molecule has 1 aromatic heterocycles. The van der Waals surface area contributed by atoms with Crippen LogP contribution < -0.4 is 15.2 Å². The molecule has 8 heteroatoms. The molecule has 1 aliphatic rings. The van der Waals surface area contributed by atoms with Gasteiger partial charge in [-0.05, 0) is 43.2 Å². The summed E-state index contributed by atoms with van der Waals surface area (Å²) in [6.45, 7) is 1.22. The van der Waals surface area contributed by atoms with Gasteiger partial charge in [0.1, 0.15) is 0 Å². The van der Waals surface area contributed by atoms with Gasteiger partial charge < -0.3 is 20.1 Å². The Labute approximate surface area is 194 Å². The lowest BCUT2D eigenvalue weighted by atomic mass is 10.0. The van der Waals surface area contributed by atoms with E-state index in [2.05, 4.69) is 0 Å². The van der Waals surface area contributed by atoms with Crippen molar-refractivity contribution >= 4 is 41.6 Å². The predicted molar refractivity (Wildman–Crippen MR) is 128 cm³/mol. The Morgan fingerprint density at radius 1 is 1.10 bits per heavy atom. The first-order valence-electron chi connectivity index (χ1n) is 9.79. The normalized spacial score (nSPS) is 15.2. The maximum Gasteiger partial charge on any atom is 0.254 e. The number of hydrogen-bond acceptors (Lipinski definition) is 5.